The highest BCUT2D eigenvalue weighted by atomic mass is 19.4. The molecule has 0 spiro atoms. The molecule has 6 atom stereocenters. The lowest BCUT2D eigenvalue weighted by Gasteiger charge is -2.45. The first-order valence-electron chi connectivity index (χ1n) is 12.1. The summed E-state index contributed by atoms with van der Waals surface area (Å²) in [5, 5.41) is 9.82. The molecule has 4 rings (SSSR count). The van der Waals surface area contributed by atoms with Gasteiger partial charge in [-0.3, -0.25) is 15.5 Å². The largest absolute Gasteiger partial charge is 0.391 e. The third-order valence-electron chi connectivity index (χ3n) is 7.96. The second kappa shape index (κ2) is 10.2. The molecule has 9 heteroatoms. The minimum atomic E-state index is -4.09. The summed E-state index contributed by atoms with van der Waals surface area (Å²) in [5.41, 5.74) is 0. The van der Waals surface area contributed by atoms with Crippen molar-refractivity contribution in [2.24, 2.45) is 17.8 Å². The molecule has 0 radical (unpaired) electrons. The molecule has 31 heavy (non-hydrogen) atoms. The van der Waals surface area contributed by atoms with Crippen molar-refractivity contribution < 1.29 is 22.3 Å². The number of ether oxygens (including phenoxy) is 1. The third-order valence-corrected chi connectivity index (χ3v) is 7.96. The average molecular weight is 451 g/mol. The van der Waals surface area contributed by atoms with Crippen LogP contribution < -0.4 is 16.0 Å². The average Bonchev–Trinajstić information content (AvgIpc) is 3.23. The first kappa shape index (κ1) is 23.7. The molecule has 0 aromatic heterocycles. The Morgan fingerprint density at radius 1 is 0.968 bits per heavy atom. The van der Waals surface area contributed by atoms with Gasteiger partial charge in [-0.2, -0.15) is 13.2 Å². The molecule has 1 saturated carbocycles. The Morgan fingerprint density at radius 3 is 2.42 bits per heavy atom. The fraction of sp³-hybridized carbons (Fsp3) is 1.00. The maximum absolute atomic E-state index is 15.5. The topological polar surface area (TPSA) is 48.6 Å². The summed E-state index contributed by atoms with van der Waals surface area (Å²) in [6, 6.07) is 0.692. The molecule has 6 unspecified atom stereocenters. The highest BCUT2D eigenvalue weighted by Gasteiger charge is 2.47. The molecule has 5 nitrogen and oxygen atoms in total. The lowest BCUT2D eigenvalue weighted by atomic mass is 9.77. The number of nitrogens with one attached hydrogen (secondary N) is 3. The summed E-state index contributed by atoms with van der Waals surface area (Å²) in [5.74, 6) is -0.541. The van der Waals surface area contributed by atoms with Gasteiger partial charge in [-0.25, -0.2) is 4.39 Å². The van der Waals surface area contributed by atoms with Crippen molar-refractivity contribution in [2.45, 2.75) is 95.1 Å². The summed E-state index contributed by atoms with van der Waals surface area (Å²) < 4.78 is 60.6. The molecule has 1 aliphatic carbocycles. The smallest absolute Gasteiger partial charge is 0.360 e. The molecule has 4 fully saturated rings. The van der Waals surface area contributed by atoms with Crippen molar-refractivity contribution in [1.29, 1.82) is 0 Å². The molecule has 3 N–H and O–H groups in total. The fourth-order valence-corrected chi connectivity index (χ4v) is 6.04. The molecule has 0 amide bonds. The number of nitrogens with zero attached hydrogens (tertiary/aromatic N) is 1. The molecule has 0 aromatic carbocycles. The first-order chi connectivity index (χ1) is 14.8. The van der Waals surface area contributed by atoms with Gasteiger partial charge in [0.1, 0.15) is 6.23 Å². The van der Waals surface area contributed by atoms with Crippen molar-refractivity contribution >= 4 is 0 Å². The highest BCUT2D eigenvalue weighted by Crippen LogP contribution is 2.43. The van der Waals surface area contributed by atoms with Crippen LogP contribution in [0.5, 0.6) is 0 Å². The third kappa shape index (κ3) is 5.72. The van der Waals surface area contributed by atoms with Crippen LogP contribution in [0.2, 0.25) is 0 Å². The van der Waals surface area contributed by atoms with Gasteiger partial charge in [0, 0.05) is 31.8 Å². The quantitative estimate of drug-likeness (QED) is 0.561. The van der Waals surface area contributed by atoms with Crippen LogP contribution in [0, 0.1) is 17.8 Å². The van der Waals surface area contributed by atoms with E-state index in [1.54, 1.807) is 0 Å². The van der Waals surface area contributed by atoms with Gasteiger partial charge in [-0.05, 0) is 70.1 Å². The predicted molar refractivity (Wildman–Crippen MR) is 111 cm³/mol. The van der Waals surface area contributed by atoms with E-state index in [4.69, 9.17) is 4.74 Å². The molecule has 180 valence electrons. The van der Waals surface area contributed by atoms with Crippen LogP contribution in [-0.2, 0) is 4.74 Å². The zero-order valence-electron chi connectivity index (χ0n) is 18.5. The normalized spacial score (nSPS) is 43.3. The number of likely N-dealkylation sites (tertiary alicyclic amines) is 1. The Balaban J connectivity index is 1.30. The molecule has 3 heterocycles. The van der Waals surface area contributed by atoms with Crippen molar-refractivity contribution in [3.8, 4) is 0 Å². The summed E-state index contributed by atoms with van der Waals surface area (Å²) in [6.07, 6.45) is -0.689. The lowest BCUT2D eigenvalue weighted by Crippen LogP contribution is -2.66. The van der Waals surface area contributed by atoms with Crippen LogP contribution in [-0.4, -0.2) is 68.1 Å². The number of rotatable bonds is 5. The van der Waals surface area contributed by atoms with E-state index in [0.29, 0.717) is 38.1 Å². The Kier molecular flexibility index (Phi) is 7.79. The van der Waals surface area contributed by atoms with E-state index in [-0.39, 0.29) is 24.8 Å². The van der Waals surface area contributed by atoms with Gasteiger partial charge in [-0.15, -0.1) is 0 Å². The number of halogens is 4. The van der Waals surface area contributed by atoms with Crippen molar-refractivity contribution in [1.82, 2.24) is 20.9 Å². The number of alkyl halides is 4. The fourth-order valence-electron chi connectivity index (χ4n) is 6.04. The SMILES string of the molecule is CC1CCC(COC2NCNC(N3CCCC3C3CCC(C(F)(F)F)CC3)C2F)CN1. The van der Waals surface area contributed by atoms with Crippen molar-refractivity contribution in [3.63, 3.8) is 0 Å². The molecule has 4 aliphatic rings. The van der Waals surface area contributed by atoms with E-state index in [9.17, 15) is 13.2 Å². The van der Waals surface area contributed by atoms with E-state index in [1.807, 2.05) is 0 Å². The Labute approximate surface area is 183 Å². The number of piperidine rings is 1. The van der Waals surface area contributed by atoms with Crippen LogP contribution in [0.15, 0.2) is 0 Å². The van der Waals surface area contributed by atoms with E-state index in [2.05, 4.69) is 27.8 Å². The molecular formula is C22H38F4N4O. The summed E-state index contributed by atoms with van der Waals surface area (Å²) in [6.45, 7) is 4.88. The van der Waals surface area contributed by atoms with Gasteiger partial charge in [0.25, 0.3) is 0 Å². The van der Waals surface area contributed by atoms with Gasteiger partial charge in [0.05, 0.1) is 18.7 Å². The van der Waals surface area contributed by atoms with Crippen LogP contribution in [0.4, 0.5) is 17.6 Å². The van der Waals surface area contributed by atoms with Crippen molar-refractivity contribution in [2.75, 3.05) is 26.4 Å². The lowest BCUT2D eigenvalue weighted by molar-refractivity contribution is -0.185. The zero-order chi connectivity index (χ0) is 22.0. The van der Waals surface area contributed by atoms with Crippen molar-refractivity contribution in [3.05, 3.63) is 0 Å². The maximum Gasteiger partial charge on any atom is 0.391 e. The first-order valence-corrected chi connectivity index (χ1v) is 12.1. The van der Waals surface area contributed by atoms with Gasteiger partial charge >= 0.3 is 6.18 Å². The van der Waals surface area contributed by atoms with Gasteiger partial charge in [0.15, 0.2) is 6.17 Å². The second-order valence-electron chi connectivity index (χ2n) is 10.1. The molecule has 3 aliphatic heterocycles. The van der Waals surface area contributed by atoms with Crippen LogP contribution in [0.25, 0.3) is 0 Å². The molecule has 0 aromatic rings. The standard InChI is InChI=1S/C22H38F4N4O/c1-14-4-5-15(11-27-14)12-31-21-19(23)20(28-13-29-21)30-10-2-3-18(30)16-6-8-17(9-7-16)22(24,25)26/h14-21,27-29H,2-13H2,1H3. The van der Waals surface area contributed by atoms with E-state index in [0.717, 1.165) is 38.8 Å². The summed E-state index contributed by atoms with van der Waals surface area (Å²) in [7, 11) is 0. The number of hydrogen-bond donors (Lipinski definition) is 3. The van der Waals surface area contributed by atoms with Crippen LogP contribution in [0.3, 0.4) is 0 Å². The Hall–Kier alpha value is -0.480. The summed E-state index contributed by atoms with van der Waals surface area (Å²) >= 11 is 0. The Bertz CT molecular complexity index is 564. The van der Waals surface area contributed by atoms with Gasteiger partial charge in [-0.1, -0.05) is 0 Å². The zero-order valence-corrected chi connectivity index (χ0v) is 18.5. The van der Waals surface area contributed by atoms with Crippen LogP contribution in [0.1, 0.15) is 58.3 Å². The minimum absolute atomic E-state index is 0.160. The predicted octanol–water partition coefficient (Wildman–Crippen LogP) is 3.36. The summed E-state index contributed by atoms with van der Waals surface area (Å²) in [4.78, 5) is 2.18. The van der Waals surface area contributed by atoms with Crippen LogP contribution >= 0.6 is 0 Å². The van der Waals surface area contributed by atoms with E-state index in [1.165, 1.54) is 0 Å². The van der Waals surface area contributed by atoms with E-state index >= 15 is 4.39 Å². The monoisotopic (exact) mass is 450 g/mol. The molecule has 3 saturated heterocycles. The molecule has 0 bridgehead atoms. The van der Waals surface area contributed by atoms with E-state index < -0.39 is 30.7 Å². The van der Waals surface area contributed by atoms with Gasteiger partial charge in [0.2, 0.25) is 0 Å². The minimum Gasteiger partial charge on any atom is -0.360 e. The maximum atomic E-state index is 15.5. The number of hydrogen-bond acceptors (Lipinski definition) is 5. The van der Waals surface area contributed by atoms with Gasteiger partial charge < -0.3 is 10.1 Å². The molecular weight excluding hydrogens is 412 g/mol. The Morgan fingerprint density at radius 2 is 1.74 bits per heavy atom. The highest BCUT2D eigenvalue weighted by molar-refractivity contribution is 4.96. The second-order valence-corrected chi connectivity index (χ2v) is 10.1.